The average Bonchev–Trinajstić information content (AvgIpc) is 0.833. The van der Waals surface area contributed by atoms with Gasteiger partial charge in [-0.05, 0) is 189 Å². The van der Waals surface area contributed by atoms with Crippen molar-refractivity contribution in [1.29, 1.82) is 0 Å². The number of aromatic nitrogens is 3. The third kappa shape index (κ3) is 21.5. The van der Waals surface area contributed by atoms with Gasteiger partial charge in [-0.15, -0.1) is 0 Å². The van der Waals surface area contributed by atoms with Crippen LogP contribution in [0.2, 0.25) is 0 Å². The molecule has 0 aliphatic carbocycles. The van der Waals surface area contributed by atoms with Crippen LogP contribution in [0.5, 0.6) is 0 Å². The third-order valence-electron chi connectivity index (χ3n) is 16.0. The summed E-state index contributed by atoms with van der Waals surface area (Å²) in [6.07, 6.45) is -4.74. The first-order valence-electron chi connectivity index (χ1n) is 32.0. The molecule has 0 radical (unpaired) electrons. The second kappa shape index (κ2) is 35.0. The molecule has 24 nitrogen and oxygen atoms in total. The number of carbonyl (C=O) groups is 9. The predicted molar refractivity (Wildman–Crippen MR) is 391 cm³/mol. The minimum absolute atomic E-state index is 0.0136. The van der Waals surface area contributed by atoms with E-state index in [1.165, 1.54) is 129 Å². The fourth-order valence-electron chi connectivity index (χ4n) is 9.81. The van der Waals surface area contributed by atoms with Crippen LogP contribution in [0.15, 0.2) is 176 Å². The summed E-state index contributed by atoms with van der Waals surface area (Å²) in [4.78, 5) is 128. The van der Waals surface area contributed by atoms with Crippen LogP contribution in [0.4, 0.5) is 91.9 Å². The first-order chi connectivity index (χ1) is 49.6. The summed E-state index contributed by atoms with van der Waals surface area (Å²) in [6.45, 7) is 11.6. The largest absolute Gasteiger partial charge is 0.416 e. The van der Waals surface area contributed by atoms with Crippen molar-refractivity contribution in [2.45, 2.75) is 59.8 Å². The molecule has 6 aromatic carbocycles. The summed E-state index contributed by atoms with van der Waals surface area (Å²) in [7, 11) is 9.05. The highest BCUT2D eigenvalue weighted by atomic mass is 19.4. The second-order valence-corrected chi connectivity index (χ2v) is 23.7. The first-order valence-corrected chi connectivity index (χ1v) is 32.0. The number of benzene rings is 6. The number of carbonyl (C=O) groups excluding carboxylic acids is 9. The van der Waals surface area contributed by atoms with Crippen molar-refractivity contribution in [1.82, 2.24) is 30.9 Å². The fraction of sp³-hybridized carbons (Fsp3) is 0.200. The molecule has 12 amide bonds. The summed E-state index contributed by atoms with van der Waals surface area (Å²) >= 11 is 0. The van der Waals surface area contributed by atoms with Gasteiger partial charge in [0.15, 0.2) is 0 Å². The van der Waals surface area contributed by atoms with Crippen molar-refractivity contribution in [2.24, 2.45) is 0 Å². The van der Waals surface area contributed by atoms with Crippen LogP contribution in [0.1, 0.15) is 121 Å². The normalized spacial score (nSPS) is 10.8. The number of alkyl halides is 6. The molecule has 0 atom stereocenters. The van der Waals surface area contributed by atoms with E-state index < -0.39 is 65.2 Å². The lowest BCUT2D eigenvalue weighted by Crippen LogP contribution is -2.32. The Morgan fingerprint density at radius 1 is 0.352 bits per heavy atom. The Kier molecular flexibility index (Phi) is 26.5. The van der Waals surface area contributed by atoms with E-state index in [2.05, 4.69) is 76.7 Å². The number of aryl methyl sites for hydroxylation is 4. The zero-order chi connectivity index (χ0) is 77.2. The lowest BCUT2D eigenvalue weighted by atomic mass is 9.97. The summed E-state index contributed by atoms with van der Waals surface area (Å²) in [6, 6.07) is 36.3. The maximum Gasteiger partial charge on any atom is 0.416 e. The number of hydrogen-bond donors (Lipinski definition) is 9. The third-order valence-corrected chi connectivity index (χ3v) is 16.0. The summed E-state index contributed by atoms with van der Waals surface area (Å²) < 4.78 is 77.0. The number of anilines is 9. The lowest BCUT2D eigenvalue weighted by molar-refractivity contribution is -0.138. The molecule has 0 saturated carbocycles. The van der Waals surface area contributed by atoms with Crippen molar-refractivity contribution in [3.8, 4) is 0 Å². The van der Waals surface area contributed by atoms with Gasteiger partial charge in [-0.1, -0.05) is 44.2 Å². The Hall–Kier alpha value is -13.0. The highest BCUT2D eigenvalue weighted by Gasteiger charge is 2.32. The maximum atomic E-state index is 12.9. The second-order valence-electron chi connectivity index (χ2n) is 23.7. The summed E-state index contributed by atoms with van der Waals surface area (Å²) in [5.74, 6) is -2.21. The topological polar surface area (TPSA) is 310 Å². The molecule has 9 aromatic rings. The van der Waals surface area contributed by atoms with Crippen LogP contribution in [0, 0.1) is 27.7 Å². The highest BCUT2D eigenvalue weighted by Crippen LogP contribution is 2.33. The molecule has 0 spiro atoms. The SMILES string of the molecule is CNC(=O)c1cc(N(C)C(=O)Nc2cc(C(=O)Nc3ccc(C(C)C)c(C)c3)ccc2C)ccn1.CNC(=O)c1cc(N(C)C(=O)Nc2cc(C(=O)Nc3ccc(C(F)(F)F)cc3)ccc2C)ccn1.CNC(=O)c1cc(N(C)C(=O)Nc2cc(C(=O)Nc3cccc(C(F)(F)F)c3)ccc2C)ccn1. The van der Waals surface area contributed by atoms with Crippen LogP contribution < -0.4 is 62.6 Å². The van der Waals surface area contributed by atoms with Gasteiger partial charge in [0.2, 0.25) is 0 Å². The molecular formula is C75H75F6N15O9. The number of urea groups is 3. The Morgan fingerprint density at radius 3 is 1.01 bits per heavy atom. The van der Waals surface area contributed by atoms with Crippen LogP contribution in [0.25, 0.3) is 0 Å². The van der Waals surface area contributed by atoms with Crippen molar-refractivity contribution >= 4 is 105 Å². The van der Waals surface area contributed by atoms with Crippen LogP contribution in [-0.2, 0) is 12.4 Å². The average molecular weight is 1440 g/mol. The van der Waals surface area contributed by atoms with E-state index in [1.807, 2.05) is 32.0 Å². The van der Waals surface area contributed by atoms with E-state index in [1.54, 1.807) is 69.4 Å². The van der Waals surface area contributed by atoms with E-state index in [9.17, 15) is 69.5 Å². The Bertz CT molecular complexity index is 4740. The van der Waals surface area contributed by atoms with Crippen molar-refractivity contribution in [3.63, 3.8) is 0 Å². The molecule has 3 heterocycles. The van der Waals surface area contributed by atoms with Gasteiger partial charge in [0, 0.05) is 129 Å². The standard InChI is InChI=1S/C27H31N5O3.2C24H22F3N5O3/c1-16(2)22-10-9-20(13-18(22)4)30-25(33)19-8-7-17(3)23(14-19)31-27(35)32(6)21-11-12-29-24(15-21)26(34)28-5;1-14-4-5-15(21(33)30-17-8-6-16(7-9-17)24(25,26)27)12-19(14)31-23(35)32(3)18-10-11-29-20(13-18)22(34)28-2;1-14-7-8-15(21(33)30-17-6-4-5-16(12-17)24(25,26)27)11-19(14)31-23(35)32(3)18-9-10-29-20(13-18)22(34)28-2/h7-16H,1-6H3,(H,28,34)(H,30,33)(H,31,35);2*4-13H,1-3H3,(H,28,34)(H,30,33)(H,31,35). The smallest absolute Gasteiger partial charge is 0.354 e. The van der Waals surface area contributed by atoms with Gasteiger partial charge in [0.1, 0.15) is 17.1 Å². The number of pyridine rings is 3. The molecule has 105 heavy (non-hydrogen) atoms. The molecule has 30 heteroatoms. The minimum Gasteiger partial charge on any atom is -0.354 e. The van der Waals surface area contributed by atoms with Crippen molar-refractivity contribution in [2.75, 3.05) is 88.9 Å². The minimum atomic E-state index is -4.54. The van der Waals surface area contributed by atoms with Gasteiger partial charge in [-0.2, -0.15) is 26.3 Å². The van der Waals surface area contributed by atoms with Crippen LogP contribution >= 0.6 is 0 Å². The number of halogens is 6. The molecule has 3 aromatic heterocycles. The fourth-order valence-corrected chi connectivity index (χ4v) is 9.81. The van der Waals surface area contributed by atoms with E-state index in [0.717, 1.165) is 47.5 Å². The van der Waals surface area contributed by atoms with Crippen LogP contribution in [0.3, 0.4) is 0 Å². The predicted octanol–water partition coefficient (Wildman–Crippen LogP) is 14.5. The van der Waals surface area contributed by atoms with Gasteiger partial charge in [0.05, 0.1) is 11.1 Å². The van der Waals surface area contributed by atoms with Gasteiger partial charge in [-0.25, -0.2) is 14.4 Å². The molecular weight excluding hydrogens is 1370 g/mol. The monoisotopic (exact) mass is 1440 g/mol. The Balaban J connectivity index is 0.000000220. The molecule has 9 N–H and O–H groups in total. The molecule has 0 fully saturated rings. The van der Waals surface area contributed by atoms with Gasteiger partial charge in [-0.3, -0.25) is 58.4 Å². The number of hydrogen-bond acceptors (Lipinski definition) is 12. The summed E-state index contributed by atoms with van der Waals surface area (Å²) in [5, 5.41) is 23.6. The lowest BCUT2D eigenvalue weighted by Gasteiger charge is -2.19. The molecule has 0 aliphatic rings. The highest BCUT2D eigenvalue weighted by molar-refractivity contribution is 6.10. The number of amides is 12. The van der Waals surface area contributed by atoms with E-state index in [0.29, 0.717) is 62.4 Å². The Morgan fingerprint density at radius 2 is 0.686 bits per heavy atom. The van der Waals surface area contributed by atoms with E-state index >= 15 is 0 Å². The molecule has 9 rings (SSSR count). The molecule has 546 valence electrons. The molecule has 0 bridgehead atoms. The number of nitrogens with zero attached hydrogens (tertiary/aromatic N) is 6. The summed E-state index contributed by atoms with van der Waals surface area (Å²) in [5.41, 5.74) is 7.46. The molecule has 0 saturated heterocycles. The van der Waals surface area contributed by atoms with Crippen molar-refractivity contribution in [3.05, 3.63) is 249 Å². The van der Waals surface area contributed by atoms with Gasteiger partial charge in [0.25, 0.3) is 35.4 Å². The van der Waals surface area contributed by atoms with Gasteiger partial charge < -0.3 is 47.9 Å². The van der Waals surface area contributed by atoms with E-state index in [4.69, 9.17) is 0 Å². The molecule has 0 aliphatic heterocycles. The zero-order valence-electron chi connectivity index (χ0n) is 58.9. The number of nitrogens with one attached hydrogen (secondary N) is 9. The van der Waals surface area contributed by atoms with Crippen molar-refractivity contribution < 1.29 is 69.5 Å². The van der Waals surface area contributed by atoms with E-state index in [-0.39, 0.29) is 51.4 Å². The number of rotatable bonds is 16. The zero-order valence-corrected chi connectivity index (χ0v) is 58.9. The Labute approximate surface area is 600 Å². The quantitative estimate of drug-likeness (QED) is 0.0408. The van der Waals surface area contributed by atoms with Crippen LogP contribution in [-0.4, -0.2) is 111 Å². The van der Waals surface area contributed by atoms with Gasteiger partial charge >= 0.3 is 30.4 Å². The maximum absolute atomic E-state index is 12.9. The first kappa shape index (κ1) is 79.3. The molecule has 0 unspecified atom stereocenters.